The zero-order chi connectivity index (χ0) is 20.5. The van der Waals surface area contributed by atoms with Crippen LogP contribution in [0.2, 0.25) is 0 Å². The molecule has 0 aliphatic rings. The number of aryl methyl sites for hydroxylation is 1. The first kappa shape index (κ1) is 20.5. The minimum Gasteiger partial charge on any atom is -0.456 e. The first-order chi connectivity index (χ1) is 14.1. The third kappa shape index (κ3) is 6.69. The smallest absolute Gasteiger partial charge is 0.321 e. The molecule has 3 rings (SSSR count). The van der Waals surface area contributed by atoms with Crippen molar-refractivity contribution in [1.29, 1.82) is 0 Å². The van der Waals surface area contributed by atoms with Gasteiger partial charge in [0.2, 0.25) is 0 Å². The van der Waals surface area contributed by atoms with Crippen LogP contribution in [0.15, 0.2) is 54.6 Å². The quantitative estimate of drug-likeness (QED) is 0.555. The van der Waals surface area contributed by atoms with Gasteiger partial charge >= 0.3 is 12.0 Å². The van der Waals surface area contributed by atoms with E-state index >= 15 is 0 Å². The molecule has 7 nitrogen and oxygen atoms in total. The first-order valence-electron chi connectivity index (χ1n) is 9.22. The van der Waals surface area contributed by atoms with Gasteiger partial charge in [-0.15, -0.1) is 11.3 Å². The van der Waals surface area contributed by atoms with E-state index in [0.717, 1.165) is 20.8 Å². The van der Waals surface area contributed by atoms with Crippen LogP contribution in [0.25, 0.3) is 10.2 Å². The number of fused-ring (bicyclic) bond motifs is 1. The number of benzene rings is 2. The number of nitrogens with one attached hydrogen (secondary N) is 2. The summed E-state index contributed by atoms with van der Waals surface area (Å²) in [4.78, 5) is 39.7. The maximum Gasteiger partial charge on any atom is 0.321 e. The molecule has 1 heterocycles. The van der Waals surface area contributed by atoms with E-state index in [1.807, 2.05) is 54.6 Å². The van der Waals surface area contributed by atoms with E-state index in [-0.39, 0.29) is 6.42 Å². The van der Waals surface area contributed by atoms with Crippen molar-refractivity contribution in [3.63, 3.8) is 0 Å². The molecule has 0 radical (unpaired) electrons. The number of aromatic nitrogens is 1. The van der Waals surface area contributed by atoms with Crippen molar-refractivity contribution in [3.05, 3.63) is 65.2 Å². The third-order valence-corrected chi connectivity index (χ3v) is 5.12. The first-order valence-corrected chi connectivity index (χ1v) is 10.0. The normalized spacial score (nSPS) is 10.5. The Morgan fingerprint density at radius 1 is 1.00 bits per heavy atom. The van der Waals surface area contributed by atoms with E-state index in [1.54, 1.807) is 11.3 Å². The minimum absolute atomic E-state index is 0.184. The fraction of sp³-hybridized carbons (Fsp3) is 0.238. The summed E-state index contributed by atoms with van der Waals surface area (Å²) in [7, 11) is 0. The van der Waals surface area contributed by atoms with Gasteiger partial charge in [-0.25, -0.2) is 9.78 Å². The number of esters is 1. The molecule has 0 saturated heterocycles. The molecule has 0 spiro atoms. The summed E-state index contributed by atoms with van der Waals surface area (Å²) < 4.78 is 6.03. The molecular weight excluding hydrogens is 390 g/mol. The second-order valence-corrected chi connectivity index (χ2v) is 7.42. The van der Waals surface area contributed by atoms with Gasteiger partial charge in [-0.2, -0.15) is 0 Å². The van der Waals surface area contributed by atoms with Gasteiger partial charge in [0.25, 0.3) is 5.91 Å². The molecule has 0 saturated carbocycles. The molecule has 0 atom stereocenters. The molecule has 0 fully saturated rings. The number of amides is 3. The van der Waals surface area contributed by atoms with Gasteiger partial charge < -0.3 is 10.1 Å². The number of nitrogens with zero attached hydrogens (tertiary/aromatic N) is 1. The lowest BCUT2D eigenvalue weighted by molar-refractivity contribution is -0.148. The Kier molecular flexibility index (Phi) is 7.29. The second kappa shape index (κ2) is 10.3. The molecule has 3 aromatic rings. The fourth-order valence-corrected chi connectivity index (χ4v) is 3.62. The molecule has 150 valence electrons. The maximum atomic E-state index is 11.8. The van der Waals surface area contributed by atoms with Crippen molar-refractivity contribution < 1.29 is 19.1 Å². The van der Waals surface area contributed by atoms with Gasteiger partial charge in [-0.1, -0.05) is 42.5 Å². The monoisotopic (exact) mass is 411 g/mol. The Morgan fingerprint density at radius 3 is 2.55 bits per heavy atom. The number of para-hydroxylation sites is 1. The van der Waals surface area contributed by atoms with Gasteiger partial charge in [-0.05, 0) is 30.5 Å². The van der Waals surface area contributed by atoms with Gasteiger partial charge in [0.1, 0.15) is 0 Å². The molecule has 0 bridgehead atoms. The molecule has 1 aromatic heterocycles. The number of urea groups is 1. The lowest BCUT2D eigenvalue weighted by atomic mass is 10.2. The van der Waals surface area contributed by atoms with Crippen molar-refractivity contribution in [2.24, 2.45) is 0 Å². The average Bonchev–Trinajstić information content (AvgIpc) is 3.14. The summed E-state index contributed by atoms with van der Waals surface area (Å²) in [6.45, 7) is -0.190. The zero-order valence-electron chi connectivity index (χ0n) is 15.7. The molecule has 2 aromatic carbocycles. The Labute approximate surface area is 172 Å². The molecule has 8 heteroatoms. The van der Waals surface area contributed by atoms with Gasteiger partial charge in [0.15, 0.2) is 6.61 Å². The average molecular weight is 411 g/mol. The largest absolute Gasteiger partial charge is 0.456 e. The second-order valence-electron chi connectivity index (χ2n) is 6.31. The zero-order valence-corrected chi connectivity index (χ0v) is 16.5. The lowest BCUT2D eigenvalue weighted by Crippen LogP contribution is -2.41. The van der Waals surface area contributed by atoms with E-state index in [9.17, 15) is 14.4 Å². The highest BCUT2D eigenvalue weighted by atomic mass is 32.1. The summed E-state index contributed by atoms with van der Waals surface area (Å²) in [5.74, 6) is -1.15. The van der Waals surface area contributed by atoms with E-state index in [0.29, 0.717) is 19.4 Å². The summed E-state index contributed by atoms with van der Waals surface area (Å²) in [5.41, 5.74) is 1.87. The molecule has 0 aliphatic carbocycles. The van der Waals surface area contributed by atoms with Gasteiger partial charge in [-0.3, -0.25) is 14.9 Å². The van der Waals surface area contributed by atoms with E-state index in [1.165, 1.54) is 0 Å². The number of ether oxygens (including phenoxy) is 1. The maximum absolute atomic E-state index is 11.8. The third-order valence-electron chi connectivity index (χ3n) is 4.02. The highest BCUT2D eigenvalue weighted by molar-refractivity contribution is 7.18. The van der Waals surface area contributed by atoms with Crippen molar-refractivity contribution in [2.45, 2.75) is 25.8 Å². The number of carbonyl (C=O) groups is 3. The summed E-state index contributed by atoms with van der Waals surface area (Å²) >= 11 is 1.61. The number of thiazole rings is 1. The number of carbonyl (C=O) groups excluding carboxylic acids is 3. The Hall–Kier alpha value is -3.26. The van der Waals surface area contributed by atoms with E-state index in [2.05, 4.69) is 15.6 Å². The molecular formula is C21H21N3O4S. The molecule has 29 heavy (non-hydrogen) atoms. The Bertz CT molecular complexity index is 955. The summed E-state index contributed by atoms with van der Waals surface area (Å²) in [6.07, 6.45) is 1.43. The van der Waals surface area contributed by atoms with Crippen LogP contribution in [-0.4, -0.2) is 29.5 Å². The highest BCUT2D eigenvalue weighted by Gasteiger charge is 2.11. The van der Waals surface area contributed by atoms with E-state index < -0.39 is 24.5 Å². The van der Waals surface area contributed by atoms with Gasteiger partial charge in [0, 0.05) is 13.0 Å². The molecule has 0 aliphatic heterocycles. The summed E-state index contributed by atoms with van der Waals surface area (Å²) in [5, 5.41) is 5.66. The minimum atomic E-state index is -0.671. The number of rotatable bonds is 8. The SMILES string of the molecule is O=C(COC(=O)CCCc1nc2ccccc2s1)NC(=O)NCc1ccccc1. The predicted octanol–water partition coefficient (Wildman–Crippen LogP) is 3.19. The van der Waals surface area contributed by atoms with Crippen LogP contribution in [0.3, 0.4) is 0 Å². The summed E-state index contributed by atoms with van der Waals surface area (Å²) in [6, 6.07) is 16.6. The Morgan fingerprint density at radius 2 is 1.76 bits per heavy atom. The van der Waals surface area contributed by atoms with Crippen LogP contribution in [0.4, 0.5) is 4.79 Å². The van der Waals surface area contributed by atoms with Crippen LogP contribution < -0.4 is 10.6 Å². The number of imide groups is 1. The van der Waals surface area contributed by atoms with Gasteiger partial charge in [0.05, 0.1) is 15.2 Å². The number of hydrogen-bond donors (Lipinski definition) is 2. The van der Waals surface area contributed by atoms with Crippen molar-refractivity contribution in [2.75, 3.05) is 6.61 Å². The van der Waals surface area contributed by atoms with Crippen LogP contribution in [0, 0.1) is 0 Å². The topological polar surface area (TPSA) is 97.4 Å². The van der Waals surface area contributed by atoms with E-state index in [4.69, 9.17) is 4.74 Å². The van der Waals surface area contributed by atoms with Crippen LogP contribution >= 0.6 is 11.3 Å². The van der Waals surface area contributed by atoms with Crippen molar-refractivity contribution >= 4 is 39.5 Å². The predicted molar refractivity (Wildman–Crippen MR) is 110 cm³/mol. The fourth-order valence-electron chi connectivity index (χ4n) is 2.61. The standard InChI is InChI=1S/C21H21N3O4S/c25-18(24-21(27)22-13-15-7-2-1-3-8-15)14-28-20(26)12-6-11-19-23-16-9-4-5-10-17(16)29-19/h1-5,7-10H,6,11-14H2,(H2,22,24,25,27). The van der Waals surface area contributed by atoms with Crippen molar-refractivity contribution in [1.82, 2.24) is 15.6 Å². The lowest BCUT2D eigenvalue weighted by Gasteiger charge is -2.07. The van der Waals surface area contributed by atoms with Crippen LogP contribution in [-0.2, 0) is 27.3 Å². The van der Waals surface area contributed by atoms with Crippen LogP contribution in [0.1, 0.15) is 23.4 Å². The molecule has 3 amide bonds. The number of hydrogen-bond acceptors (Lipinski definition) is 6. The Balaban J connectivity index is 1.30. The highest BCUT2D eigenvalue weighted by Crippen LogP contribution is 2.22. The van der Waals surface area contributed by atoms with Crippen LogP contribution in [0.5, 0.6) is 0 Å². The van der Waals surface area contributed by atoms with Crippen molar-refractivity contribution in [3.8, 4) is 0 Å². The molecule has 0 unspecified atom stereocenters. The molecule has 2 N–H and O–H groups in total.